The molecule has 8 N–H and O–H groups in total. The Morgan fingerprint density at radius 1 is 1.00 bits per heavy atom. The summed E-state index contributed by atoms with van der Waals surface area (Å²) in [5.41, 5.74) is 13.1. The minimum Gasteiger partial charge on any atom is -0.481 e. The van der Waals surface area contributed by atoms with E-state index in [0.29, 0.717) is 24.0 Å². The van der Waals surface area contributed by atoms with E-state index < -0.39 is 60.4 Å². The summed E-state index contributed by atoms with van der Waals surface area (Å²) in [4.78, 5) is 82.3. The minimum atomic E-state index is -1.87. The van der Waals surface area contributed by atoms with Gasteiger partial charge in [-0.1, -0.05) is 6.07 Å². The second-order valence-corrected chi connectivity index (χ2v) is 10.2. The number of benzene rings is 2. The molecule has 3 aromatic rings. The number of H-pyrrole nitrogens is 1. The second-order valence-electron chi connectivity index (χ2n) is 10.2. The average molecular weight is 611 g/mol. The van der Waals surface area contributed by atoms with Crippen LogP contribution in [-0.4, -0.2) is 85.5 Å². The van der Waals surface area contributed by atoms with E-state index in [1.165, 1.54) is 19.2 Å². The number of hydrogen-bond acceptors (Lipinski definition) is 10. The maximum absolute atomic E-state index is 13.2. The van der Waals surface area contributed by atoms with Gasteiger partial charge in [-0.25, -0.2) is 9.78 Å². The van der Waals surface area contributed by atoms with Crippen molar-refractivity contribution in [2.24, 2.45) is 11.7 Å². The molecule has 3 rings (SSSR count). The molecule has 15 nitrogen and oxygen atoms in total. The van der Waals surface area contributed by atoms with Crippen LogP contribution in [0.5, 0.6) is 0 Å². The number of nitrogens with one attached hydrogen (secondary N) is 1. The van der Waals surface area contributed by atoms with Gasteiger partial charge in [0.05, 0.1) is 16.9 Å². The van der Waals surface area contributed by atoms with Crippen molar-refractivity contribution in [3.63, 3.8) is 0 Å². The summed E-state index contributed by atoms with van der Waals surface area (Å²) in [5, 5.41) is 28.6. The van der Waals surface area contributed by atoms with Crippen molar-refractivity contribution in [2.75, 3.05) is 24.2 Å². The van der Waals surface area contributed by atoms with Crippen molar-refractivity contribution in [1.82, 2.24) is 14.9 Å². The molecule has 3 atom stereocenters. The van der Waals surface area contributed by atoms with Gasteiger partial charge in [-0.3, -0.25) is 29.0 Å². The number of carboxylic acids is 3. The average Bonchev–Trinajstić information content (AvgIpc) is 2.98. The summed E-state index contributed by atoms with van der Waals surface area (Å²) in [7, 11) is 1.19. The van der Waals surface area contributed by atoms with Crippen LogP contribution in [0.4, 0.5) is 11.6 Å². The van der Waals surface area contributed by atoms with Gasteiger partial charge in [-0.05, 0) is 61.7 Å². The third-order valence-corrected chi connectivity index (χ3v) is 7.23. The van der Waals surface area contributed by atoms with Crippen LogP contribution in [0.2, 0.25) is 0 Å². The number of carbonyl (C=O) groups is 5. The standard InChI is InChI=1S/C29H34N6O9/c1-3-35(14-15-4-10-21-18(12-15)25(39)33-29(31)32-21)17-7-5-16(6-8-17)26(40)34(2)22(28(43)44)13-19(27(41)42)24(38)20(30)9-11-23(36)37/h4-8,10,12,19-20,22H,3,9,11,13-14,30H2,1-2H3,(H,36,37)(H,41,42)(H,43,44)(H3,31,32,33,39)/t19?,20-,22-/m0/s1. The number of carboxylic acid groups (broad SMARTS) is 3. The molecule has 0 spiro atoms. The number of nitrogens with zero attached hydrogens (tertiary/aromatic N) is 3. The van der Waals surface area contributed by atoms with E-state index in [2.05, 4.69) is 9.97 Å². The molecule has 234 valence electrons. The summed E-state index contributed by atoms with van der Waals surface area (Å²) in [6.07, 6.45) is -1.55. The Kier molecular flexibility index (Phi) is 10.7. The van der Waals surface area contributed by atoms with E-state index in [-0.39, 0.29) is 23.5 Å². The van der Waals surface area contributed by atoms with Crippen molar-refractivity contribution < 1.29 is 39.3 Å². The predicted octanol–water partition coefficient (Wildman–Crippen LogP) is 0.909. The van der Waals surface area contributed by atoms with Crippen LogP contribution in [0.25, 0.3) is 10.9 Å². The minimum absolute atomic E-state index is 0.0211. The number of aliphatic carboxylic acids is 3. The van der Waals surface area contributed by atoms with E-state index in [1.54, 1.807) is 24.3 Å². The number of nitrogen functional groups attached to an aromatic ring is 1. The highest BCUT2D eigenvalue weighted by atomic mass is 16.4. The highest BCUT2D eigenvalue weighted by Crippen LogP contribution is 2.22. The van der Waals surface area contributed by atoms with E-state index >= 15 is 0 Å². The number of rotatable bonds is 15. The summed E-state index contributed by atoms with van der Waals surface area (Å²) >= 11 is 0. The highest BCUT2D eigenvalue weighted by molar-refractivity contribution is 6.02. The van der Waals surface area contributed by atoms with Crippen LogP contribution in [0.15, 0.2) is 47.3 Å². The zero-order valence-corrected chi connectivity index (χ0v) is 24.1. The number of carbonyl (C=O) groups excluding carboxylic acids is 2. The van der Waals surface area contributed by atoms with E-state index in [0.717, 1.165) is 16.2 Å². The predicted molar refractivity (Wildman–Crippen MR) is 159 cm³/mol. The molecule has 0 radical (unpaired) electrons. The molecule has 1 unspecified atom stereocenters. The van der Waals surface area contributed by atoms with Crippen LogP contribution in [0.3, 0.4) is 0 Å². The molecule has 0 bridgehead atoms. The fourth-order valence-corrected chi connectivity index (χ4v) is 4.73. The smallest absolute Gasteiger partial charge is 0.326 e. The zero-order chi connectivity index (χ0) is 32.7. The van der Waals surface area contributed by atoms with Crippen molar-refractivity contribution in [1.29, 1.82) is 0 Å². The Morgan fingerprint density at radius 2 is 1.66 bits per heavy atom. The number of likely N-dealkylation sites (N-methyl/N-ethyl adjacent to an activating group) is 1. The molecule has 0 saturated carbocycles. The molecule has 1 amide bonds. The highest BCUT2D eigenvalue weighted by Gasteiger charge is 2.38. The van der Waals surface area contributed by atoms with Gasteiger partial charge in [-0.15, -0.1) is 0 Å². The number of anilines is 2. The zero-order valence-electron chi connectivity index (χ0n) is 24.1. The van der Waals surface area contributed by atoms with Crippen molar-refractivity contribution in [3.05, 3.63) is 63.9 Å². The Morgan fingerprint density at radius 3 is 2.23 bits per heavy atom. The normalized spacial score (nSPS) is 13.1. The number of hydrogen-bond donors (Lipinski definition) is 6. The maximum atomic E-state index is 13.2. The van der Waals surface area contributed by atoms with Gasteiger partial charge in [0.1, 0.15) is 12.0 Å². The molecule has 1 aromatic heterocycles. The largest absolute Gasteiger partial charge is 0.481 e. The number of fused-ring (bicyclic) bond motifs is 1. The fourth-order valence-electron chi connectivity index (χ4n) is 4.73. The molecular weight excluding hydrogens is 576 g/mol. The summed E-state index contributed by atoms with van der Waals surface area (Å²) in [6, 6.07) is 8.45. The Bertz CT molecular complexity index is 1620. The van der Waals surface area contributed by atoms with Crippen LogP contribution >= 0.6 is 0 Å². The van der Waals surface area contributed by atoms with Gasteiger partial charge in [0, 0.05) is 37.8 Å². The van der Waals surface area contributed by atoms with Crippen LogP contribution in [-0.2, 0) is 25.7 Å². The molecule has 44 heavy (non-hydrogen) atoms. The molecule has 0 aliphatic rings. The van der Waals surface area contributed by atoms with Crippen molar-refractivity contribution in [3.8, 4) is 0 Å². The SMILES string of the molecule is CCN(Cc1ccc2nc(N)[nH]c(=O)c2c1)c1ccc(C(=O)N(C)[C@@H](CC(C(=O)O)C(=O)[C@@H](N)CCC(=O)O)C(=O)O)cc1. The third kappa shape index (κ3) is 7.95. The Labute approximate surface area is 251 Å². The van der Waals surface area contributed by atoms with E-state index in [9.17, 15) is 39.0 Å². The third-order valence-electron chi connectivity index (χ3n) is 7.23. The summed E-state index contributed by atoms with van der Waals surface area (Å²) in [5.74, 6) is -7.98. The van der Waals surface area contributed by atoms with Gasteiger partial charge < -0.3 is 36.6 Å². The maximum Gasteiger partial charge on any atom is 0.326 e. The van der Waals surface area contributed by atoms with Gasteiger partial charge in [0.25, 0.3) is 11.5 Å². The number of Topliss-reactive ketones (excluding diaryl/α,β-unsaturated/α-hetero) is 1. The lowest BCUT2D eigenvalue weighted by atomic mass is 9.89. The molecule has 15 heteroatoms. The summed E-state index contributed by atoms with van der Waals surface area (Å²) < 4.78 is 0. The molecule has 0 aliphatic carbocycles. The molecule has 0 aliphatic heterocycles. The van der Waals surface area contributed by atoms with Gasteiger partial charge in [0.15, 0.2) is 5.78 Å². The fraction of sp³-hybridized carbons (Fsp3) is 0.345. The molecule has 0 saturated heterocycles. The van der Waals surface area contributed by atoms with Crippen LogP contribution in [0.1, 0.15) is 42.1 Å². The number of aromatic nitrogens is 2. The Balaban J connectivity index is 1.76. The molecular formula is C29H34N6O9. The van der Waals surface area contributed by atoms with Crippen LogP contribution < -0.4 is 21.9 Å². The van der Waals surface area contributed by atoms with Gasteiger partial charge in [0.2, 0.25) is 5.95 Å². The number of aromatic amines is 1. The molecule has 1 heterocycles. The number of amides is 1. The van der Waals surface area contributed by atoms with Gasteiger partial charge in [-0.2, -0.15) is 0 Å². The Hall–Kier alpha value is -5.31. The second kappa shape index (κ2) is 14.2. The first-order valence-electron chi connectivity index (χ1n) is 13.6. The topological polar surface area (TPSA) is 250 Å². The first-order chi connectivity index (χ1) is 20.7. The van der Waals surface area contributed by atoms with E-state index in [1.807, 2.05) is 17.9 Å². The first kappa shape index (κ1) is 33.2. The summed E-state index contributed by atoms with van der Waals surface area (Å²) in [6.45, 7) is 2.92. The quantitative estimate of drug-likeness (QED) is 0.131. The van der Waals surface area contributed by atoms with Crippen molar-refractivity contribution >= 4 is 52.1 Å². The lowest BCUT2D eigenvalue weighted by Crippen LogP contribution is -2.47. The van der Waals surface area contributed by atoms with Gasteiger partial charge >= 0.3 is 17.9 Å². The van der Waals surface area contributed by atoms with E-state index in [4.69, 9.17) is 16.6 Å². The van der Waals surface area contributed by atoms with Crippen LogP contribution in [0, 0.1) is 5.92 Å². The molecule has 2 aromatic carbocycles. The monoisotopic (exact) mass is 610 g/mol. The first-order valence-corrected chi connectivity index (χ1v) is 13.6. The lowest BCUT2D eigenvalue weighted by Gasteiger charge is -2.28. The number of nitrogens with two attached hydrogens (primary N) is 2. The number of ketones is 1. The van der Waals surface area contributed by atoms with Crippen molar-refractivity contribution in [2.45, 2.75) is 44.8 Å². The lowest BCUT2D eigenvalue weighted by molar-refractivity contribution is -0.149. The molecule has 0 fully saturated rings.